The molecule has 3 atom stereocenters. The molecule has 1 N–H and O–H groups in total. The fraction of sp³-hybridized carbons (Fsp3) is 0.833. The van der Waals surface area contributed by atoms with Crippen molar-refractivity contribution in [3.63, 3.8) is 0 Å². The molecule has 78 valence electrons. The average Bonchev–Trinajstić information content (AvgIpc) is 2.42. The summed E-state index contributed by atoms with van der Waals surface area (Å²) in [4.78, 5) is 2.55. The Bertz CT molecular complexity index is 229. The van der Waals surface area contributed by atoms with Crippen molar-refractivity contribution in [2.75, 3.05) is 7.05 Å². The van der Waals surface area contributed by atoms with Crippen LogP contribution in [0.5, 0.6) is 0 Å². The number of terminal acetylenes is 1. The fourth-order valence-electron chi connectivity index (χ4n) is 2.95. The van der Waals surface area contributed by atoms with Gasteiger partial charge in [-0.25, -0.2) is 0 Å². The van der Waals surface area contributed by atoms with Crippen LogP contribution in [0.3, 0.4) is 0 Å². The molecule has 0 amide bonds. The Hall–Kier alpha value is -0.520. The first-order chi connectivity index (χ1) is 6.70. The quantitative estimate of drug-likeness (QED) is 0.662. The highest BCUT2D eigenvalue weighted by Crippen LogP contribution is 2.34. The Morgan fingerprint density at radius 3 is 2.43 bits per heavy atom. The number of hydrogen-bond donors (Lipinski definition) is 1. The van der Waals surface area contributed by atoms with E-state index in [2.05, 4.69) is 30.1 Å². The Morgan fingerprint density at radius 1 is 1.36 bits per heavy atom. The van der Waals surface area contributed by atoms with E-state index in [-0.39, 0.29) is 6.04 Å². The van der Waals surface area contributed by atoms with Crippen molar-refractivity contribution in [3.8, 4) is 12.3 Å². The molecule has 0 aliphatic carbocycles. The standard InChI is InChI=1S/C12H20N2/c1-4-9(2)13-10-7-11-5-6-12(8-10)14(11)3/h1,9-13H,5-8H2,2-3H3. The molecule has 2 aliphatic rings. The van der Waals surface area contributed by atoms with E-state index in [0.29, 0.717) is 6.04 Å². The maximum Gasteiger partial charge on any atom is 0.0660 e. The summed E-state index contributed by atoms with van der Waals surface area (Å²) >= 11 is 0. The monoisotopic (exact) mass is 192 g/mol. The summed E-state index contributed by atoms with van der Waals surface area (Å²) in [5.41, 5.74) is 0. The minimum atomic E-state index is 0.225. The average molecular weight is 192 g/mol. The third-order valence-electron chi connectivity index (χ3n) is 3.83. The summed E-state index contributed by atoms with van der Waals surface area (Å²) in [5.74, 6) is 2.75. The maximum absolute atomic E-state index is 5.38. The van der Waals surface area contributed by atoms with Crippen LogP contribution in [0.4, 0.5) is 0 Å². The lowest BCUT2D eigenvalue weighted by Gasteiger charge is -2.37. The van der Waals surface area contributed by atoms with Crippen molar-refractivity contribution < 1.29 is 0 Å². The highest BCUT2D eigenvalue weighted by atomic mass is 15.2. The zero-order valence-electron chi connectivity index (χ0n) is 9.16. The first-order valence-corrected chi connectivity index (χ1v) is 5.65. The van der Waals surface area contributed by atoms with Gasteiger partial charge in [-0.05, 0) is 39.7 Å². The van der Waals surface area contributed by atoms with E-state index in [1.165, 1.54) is 25.7 Å². The van der Waals surface area contributed by atoms with Crippen molar-refractivity contribution in [2.24, 2.45) is 0 Å². The molecule has 0 aromatic carbocycles. The Kier molecular flexibility index (Phi) is 2.80. The molecule has 0 saturated carbocycles. The van der Waals surface area contributed by atoms with E-state index in [1.54, 1.807) is 0 Å². The van der Waals surface area contributed by atoms with E-state index in [0.717, 1.165) is 12.1 Å². The molecule has 2 bridgehead atoms. The highest BCUT2D eigenvalue weighted by molar-refractivity contribution is 5.01. The molecule has 2 saturated heterocycles. The van der Waals surface area contributed by atoms with Gasteiger partial charge in [0.1, 0.15) is 0 Å². The van der Waals surface area contributed by atoms with E-state index in [9.17, 15) is 0 Å². The summed E-state index contributed by atoms with van der Waals surface area (Å²) in [7, 11) is 2.27. The number of hydrogen-bond acceptors (Lipinski definition) is 2. The minimum Gasteiger partial charge on any atom is -0.301 e. The number of nitrogens with zero attached hydrogens (tertiary/aromatic N) is 1. The van der Waals surface area contributed by atoms with Crippen LogP contribution in [0.25, 0.3) is 0 Å². The molecule has 0 aromatic rings. The zero-order chi connectivity index (χ0) is 10.1. The van der Waals surface area contributed by atoms with Gasteiger partial charge < -0.3 is 10.2 Å². The lowest BCUT2D eigenvalue weighted by molar-refractivity contribution is 0.147. The smallest absolute Gasteiger partial charge is 0.0660 e. The van der Waals surface area contributed by atoms with Gasteiger partial charge in [-0.1, -0.05) is 5.92 Å². The lowest BCUT2D eigenvalue weighted by Crippen LogP contribution is -2.49. The first kappa shape index (κ1) is 10.0. The molecule has 2 aliphatic heterocycles. The van der Waals surface area contributed by atoms with E-state index in [1.807, 2.05) is 0 Å². The van der Waals surface area contributed by atoms with Crippen LogP contribution >= 0.6 is 0 Å². The predicted octanol–water partition coefficient (Wildman–Crippen LogP) is 1.22. The van der Waals surface area contributed by atoms with E-state index in [4.69, 9.17) is 6.42 Å². The van der Waals surface area contributed by atoms with Crippen LogP contribution in [0.15, 0.2) is 0 Å². The Morgan fingerprint density at radius 2 is 1.93 bits per heavy atom. The molecule has 0 spiro atoms. The van der Waals surface area contributed by atoms with Crippen LogP contribution < -0.4 is 5.32 Å². The molecular formula is C12H20N2. The number of piperidine rings is 1. The normalized spacial score (nSPS) is 39.4. The maximum atomic E-state index is 5.38. The lowest BCUT2D eigenvalue weighted by atomic mass is 9.97. The second-order valence-electron chi connectivity index (χ2n) is 4.77. The molecule has 0 aromatic heterocycles. The molecule has 2 nitrogen and oxygen atoms in total. The summed E-state index contributed by atoms with van der Waals surface area (Å²) in [6.07, 6.45) is 10.7. The molecular weight excluding hydrogens is 172 g/mol. The first-order valence-electron chi connectivity index (χ1n) is 5.65. The van der Waals surface area contributed by atoms with Crippen LogP contribution in [0.2, 0.25) is 0 Å². The molecule has 2 rings (SSSR count). The molecule has 2 heteroatoms. The second-order valence-corrected chi connectivity index (χ2v) is 4.77. The largest absolute Gasteiger partial charge is 0.301 e. The van der Waals surface area contributed by atoms with Gasteiger partial charge in [-0.2, -0.15) is 0 Å². The van der Waals surface area contributed by atoms with Crippen molar-refractivity contribution in [1.29, 1.82) is 0 Å². The topological polar surface area (TPSA) is 15.3 Å². The number of nitrogens with one attached hydrogen (secondary N) is 1. The number of fused-ring (bicyclic) bond motifs is 2. The van der Waals surface area contributed by atoms with Gasteiger partial charge in [-0.15, -0.1) is 6.42 Å². The molecule has 2 fully saturated rings. The summed E-state index contributed by atoms with van der Waals surface area (Å²) < 4.78 is 0. The van der Waals surface area contributed by atoms with Crippen molar-refractivity contribution >= 4 is 0 Å². The van der Waals surface area contributed by atoms with Gasteiger partial charge >= 0.3 is 0 Å². The summed E-state index contributed by atoms with van der Waals surface area (Å²) in [6.45, 7) is 2.07. The van der Waals surface area contributed by atoms with Crippen molar-refractivity contribution in [1.82, 2.24) is 10.2 Å². The van der Waals surface area contributed by atoms with Gasteiger partial charge in [0.05, 0.1) is 6.04 Å². The summed E-state index contributed by atoms with van der Waals surface area (Å²) in [5, 5.41) is 3.53. The van der Waals surface area contributed by atoms with Crippen LogP contribution in [0.1, 0.15) is 32.6 Å². The molecule has 3 unspecified atom stereocenters. The highest BCUT2D eigenvalue weighted by Gasteiger charge is 2.38. The third kappa shape index (κ3) is 1.80. The SMILES string of the molecule is C#CC(C)NC1CC2CCC(C1)N2C. The van der Waals surface area contributed by atoms with Crippen molar-refractivity contribution in [3.05, 3.63) is 0 Å². The summed E-state index contributed by atoms with van der Waals surface area (Å²) in [6, 6.07) is 2.48. The van der Waals surface area contributed by atoms with Crippen LogP contribution in [-0.2, 0) is 0 Å². The van der Waals surface area contributed by atoms with E-state index < -0.39 is 0 Å². The van der Waals surface area contributed by atoms with Gasteiger partial charge in [0, 0.05) is 18.1 Å². The van der Waals surface area contributed by atoms with E-state index >= 15 is 0 Å². The Balaban J connectivity index is 1.90. The minimum absolute atomic E-state index is 0.225. The molecule has 0 radical (unpaired) electrons. The zero-order valence-corrected chi connectivity index (χ0v) is 9.16. The van der Waals surface area contributed by atoms with Gasteiger partial charge in [0.25, 0.3) is 0 Å². The van der Waals surface area contributed by atoms with Crippen LogP contribution in [-0.4, -0.2) is 36.1 Å². The van der Waals surface area contributed by atoms with Crippen molar-refractivity contribution in [2.45, 2.75) is 56.8 Å². The van der Waals surface area contributed by atoms with Gasteiger partial charge in [0.15, 0.2) is 0 Å². The van der Waals surface area contributed by atoms with Gasteiger partial charge in [-0.3, -0.25) is 0 Å². The van der Waals surface area contributed by atoms with Gasteiger partial charge in [0.2, 0.25) is 0 Å². The van der Waals surface area contributed by atoms with Crippen LogP contribution in [0, 0.1) is 12.3 Å². The number of rotatable bonds is 2. The fourth-order valence-corrected chi connectivity index (χ4v) is 2.95. The second kappa shape index (κ2) is 3.92. The third-order valence-corrected chi connectivity index (χ3v) is 3.83. The molecule has 14 heavy (non-hydrogen) atoms. The Labute approximate surface area is 87.1 Å². The molecule has 2 heterocycles. The predicted molar refractivity (Wildman–Crippen MR) is 59.0 cm³/mol.